The van der Waals surface area contributed by atoms with Gasteiger partial charge < -0.3 is 16.0 Å². The fourth-order valence-corrected chi connectivity index (χ4v) is 1.96. The van der Waals surface area contributed by atoms with Gasteiger partial charge in [-0.25, -0.2) is 0 Å². The minimum absolute atomic E-state index is 0.252. The van der Waals surface area contributed by atoms with Gasteiger partial charge in [-0.3, -0.25) is 0 Å². The molecule has 3 N–H and O–H groups in total. The lowest BCUT2D eigenvalue weighted by molar-refractivity contribution is 0.402. The van der Waals surface area contributed by atoms with Crippen LogP contribution in [0.5, 0.6) is 0 Å². The molecule has 1 rings (SSSR count). The number of unbranched alkanes of at least 4 members (excludes halogenated alkanes) is 1. The molecule has 0 bridgehead atoms. The van der Waals surface area contributed by atoms with Crippen LogP contribution in [0, 0.1) is 0 Å². The van der Waals surface area contributed by atoms with E-state index >= 15 is 0 Å². The third-order valence-corrected chi connectivity index (χ3v) is 2.92. The summed E-state index contributed by atoms with van der Waals surface area (Å²) >= 11 is 0. The molecular formula is C15H27N3. The fraction of sp³-hybridized carbons (Fsp3) is 0.600. The van der Waals surface area contributed by atoms with Crippen molar-refractivity contribution in [2.24, 2.45) is 5.73 Å². The van der Waals surface area contributed by atoms with Crippen molar-refractivity contribution in [2.75, 3.05) is 26.0 Å². The van der Waals surface area contributed by atoms with Gasteiger partial charge in [0.2, 0.25) is 0 Å². The molecule has 0 aliphatic rings. The van der Waals surface area contributed by atoms with Crippen LogP contribution >= 0.6 is 0 Å². The molecule has 1 atom stereocenters. The molecule has 1 aromatic rings. The number of nitrogens with zero attached hydrogens (tertiary/aromatic N) is 1. The Morgan fingerprint density at radius 2 is 2.11 bits per heavy atom. The van der Waals surface area contributed by atoms with Crippen molar-refractivity contribution in [1.82, 2.24) is 4.90 Å². The minimum atomic E-state index is 0.252. The molecule has 0 spiro atoms. The van der Waals surface area contributed by atoms with Gasteiger partial charge in [0.25, 0.3) is 0 Å². The lowest BCUT2D eigenvalue weighted by atomic mass is 10.1. The molecule has 0 saturated carbocycles. The van der Waals surface area contributed by atoms with Crippen molar-refractivity contribution in [3.63, 3.8) is 0 Å². The van der Waals surface area contributed by atoms with Crippen LogP contribution in [-0.4, -0.2) is 31.6 Å². The summed E-state index contributed by atoms with van der Waals surface area (Å²) in [6.07, 6.45) is 3.52. The number of rotatable bonds is 8. The molecule has 3 heteroatoms. The number of hydrogen-bond acceptors (Lipinski definition) is 3. The lowest BCUT2D eigenvalue weighted by Crippen LogP contribution is -2.28. The van der Waals surface area contributed by atoms with Crippen molar-refractivity contribution >= 4 is 5.69 Å². The van der Waals surface area contributed by atoms with E-state index in [0.29, 0.717) is 0 Å². The van der Waals surface area contributed by atoms with Gasteiger partial charge >= 0.3 is 0 Å². The van der Waals surface area contributed by atoms with Gasteiger partial charge in [-0.05, 0) is 38.2 Å². The second-order valence-corrected chi connectivity index (χ2v) is 5.22. The topological polar surface area (TPSA) is 41.3 Å². The molecule has 0 radical (unpaired) electrons. The summed E-state index contributed by atoms with van der Waals surface area (Å²) in [5.41, 5.74) is 8.55. The Labute approximate surface area is 111 Å². The summed E-state index contributed by atoms with van der Waals surface area (Å²) in [5.74, 6) is 0. The van der Waals surface area contributed by atoms with Crippen LogP contribution in [0.1, 0.15) is 31.7 Å². The first-order valence-electron chi connectivity index (χ1n) is 6.85. The summed E-state index contributed by atoms with van der Waals surface area (Å²) in [5, 5.41) is 3.42. The van der Waals surface area contributed by atoms with Crippen molar-refractivity contribution < 1.29 is 0 Å². The molecule has 0 aliphatic heterocycles. The average Bonchev–Trinajstić information content (AvgIpc) is 2.33. The average molecular weight is 249 g/mol. The molecule has 18 heavy (non-hydrogen) atoms. The maximum absolute atomic E-state index is 6.06. The molecule has 1 aromatic carbocycles. The molecule has 0 saturated heterocycles. The Hall–Kier alpha value is -1.06. The van der Waals surface area contributed by atoms with Crippen LogP contribution in [0.4, 0.5) is 5.69 Å². The normalized spacial score (nSPS) is 12.7. The number of benzene rings is 1. The number of nitrogens with two attached hydrogens (primary N) is 1. The van der Waals surface area contributed by atoms with E-state index in [-0.39, 0.29) is 6.04 Å². The second kappa shape index (κ2) is 8.11. The van der Waals surface area contributed by atoms with E-state index in [9.17, 15) is 0 Å². The Morgan fingerprint density at radius 1 is 1.33 bits per heavy atom. The van der Waals surface area contributed by atoms with Crippen LogP contribution in [0.15, 0.2) is 24.3 Å². The van der Waals surface area contributed by atoms with E-state index in [0.717, 1.165) is 19.5 Å². The van der Waals surface area contributed by atoms with Crippen LogP contribution in [-0.2, 0) is 6.54 Å². The molecule has 0 aliphatic carbocycles. The van der Waals surface area contributed by atoms with Crippen molar-refractivity contribution in [3.05, 3.63) is 29.8 Å². The van der Waals surface area contributed by atoms with Gasteiger partial charge in [0.05, 0.1) is 0 Å². The Bertz CT molecular complexity index is 336. The van der Waals surface area contributed by atoms with Crippen molar-refractivity contribution in [1.29, 1.82) is 0 Å². The molecule has 0 heterocycles. The third kappa shape index (κ3) is 6.03. The van der Waals surface area contributed by atoms with E-state index in [1.54, 1.807) is 0 Å². The van der Waals surface area contributed by atoms with Crippen molar-refractivity contribution in [2.45, 2.75) is 38.8 Å². The first-order valence-corrected chi connectivity index (χ1v) is 6.85. The van der Waals surface area contributed by atoms with E-state index in [1.165, 1.54) is 24.1 Å². The van der Waals surface area contributed by atoms with Crippen LogP contribution in [0.25, 0.3) is 0 Å². The molecule has 0 fully saturated rings. The van der Waals surface area contributed by atoms with Gasteiger partial charge in [-0.2, -0.15) is 0 Å². The van der Waals surface area contributed by atoms with Crippen LogP contribution in [0.2, 0.25) is 0 Å². The van der Waals surface area contributed by atoms with Crippen LogP contribution in [0.3, 0.4) is 0 Å². The predicted molar refractivity (Wildman–Crippen MR) is 79.8 cm³/mol. The van der Waals surface area contributed by atoms with Gasteiger partial charge in [0, 0.05) is 24.8 Å². The Morgan fingerprint density at radius 3 is 2.78 bits per heavy atom. The first-order chi connectivity index (χ1) is 8.61. The SMILES string of the molecule is CCCCC(N)CNc1cccc(CN(C)C)c1. The molecule has 0 amide bonds. The molecule has 0 aromatic heterocycles. The van der Waals surface area contributed by atoms with E-state index in [1.807, 2.05) is 0 Å². The summed E-state index contributed by atoms with van der Waals surface area (Å²) in [6, 6.07) is 8.81. The second-order valence-electron chi connectivity index (χ2n) is 5.22. The monoisotopic (exact) mass is 249 g/mol. The first kappa shape index (κ1) is 15.0. The smallest absolute Gasteiger partial charge is 0.0343 e. The summed E-state index contributed by atoms with van der Waals surface area (Å²) in [7, 11) is 4.17. The zero-order valence-electron chi connectivity index (χ0n) is 11.9. The van der Waals surface area contributed by atoms with E-state index < -0.39 is 0 Å². The van der Waals surface area contributed by atoms with Gasteiger partial charge in [-0.1, -0.05) is 31.9 Å². The summed E-state index contributed by atoms with van der Waals surface area (Å²) < 4.78 is 0. The largest absolute Gasteiger partial charge is 0.383 e. The molecule has 1 unspecified atom stereocenters. The summed E-state index contributed by atoms with van der Waals surface area (Å²) in [4.78, 5) is 2.17. The number of anilines is 1. The maximum Gasteiger partial charge on any atom is 0.0343 e. The molecule has 102 valence electrons. The van der Waals surface area contributed by atoms with Gasteiger partial charge in [0.15, 0.2) is 0 Å². The quantitative estimate of drug-likeness (QED) is 0.744. The standard InChI is InChI=1S/C15H27N3/c1-4-5-8-14(16)11-17-15-9-6-7-13(10-15)12-18(2)3/h6-7,9-10,14,17H,4-5,8,11-12,16H2,1-3H3. The highest BCUT2D eigenvalue weighted by atomic mass is 15.0. The Kier molecular flexibility index (Phi) is 6.76. The number of nitrogens with one attached hydrogen (secondary N) is 1. The molecule has 3 nitrogen and oxygen atoms in total. The Balaban J connectivity index is 2.42. The van der Waals surface area contributed by atoms with Crippen molar-refractivity contribution in [3.8, 4) is 0 Å². The van der Waals surface area contributed by atoms with E-state index in [2.05, 4.69) is 55.5 Å². The summed E-state index contributed by atoms with van der Waals surface area (Å²) in [6.45, 7) is 4.02. The fourth-order valence-electron chi connectivity index (χ4n) is 1.96. The van der Waals surface area contributed by atoms with Gasteiger partial charge in [-0.15, -0.1) is 0 Å². The highest BCUT2D eigenvalue weighted by Crippen LogP contribution is 2.12. The highest BCUT2D eigenvalue weighted by Gasteiger charge is 2.02. The minimum Gasteiger partial charge on any atom is -0.383 e. The maximum atomic E-state index is 6.06. The lowest BCUT2D eigenvalue weighted by Gasteiger charge is -2.15. The number of hydrogen-bond donors (Lipinski definition) is 2. The van der Waals surface area contributed by atoms with Gasteiger partial charge in [0.1, 0.15) is 0 Å². The predicted octanol–water partition coefficient (Wildman–Crippen LogP) is 2.68. The van der Waals surface area contributed by atoms with E-state index in [4.69, 9.17) is 5.73 Å². The highest BCUT2D eigenvalue weighted by molar-refractivity contribution is 5.45. The molecular weight excluding hydrogens is 222 g/mol. The third-order valence-electron chi connectivity index (χ3n) is 2.92. The zero-order valence-corrected chi connectivity index (χ0v) is 11.9. The zero-order chi connectivity index (χ0) is 13.4. The van der Waals surface area contributed by atoms with Crippen LogP contribution < -0.4 is 11.1 Å².